The van der Waals surface area contributed by atoms with Gasteiger partial charge in [-0.15, -0.1) is 0 Å². The molecular formula is C14H23NO4. The number of aliphatic hydroxyl groups is 1. The number of ether oxygens (including phenoxy) is 3. The molecule has 0 aliphatic carbocycles. The summed E-state index contributed by atoms with van der Waals surface area (Å²) in [5, 5.41) is 12.4. The fourth-order valence-electron chi connectivity index (χ4n) is 1.74. The Morgan fingerprint density at radius 1 is 1.26 bits per heavy atom. The second-order valence-electron chi connectivity index (χ2n) is 4.13. The molecule has 1 rings (SSSR count). The van der Waals surface area contributed by atoms with Gasteiger partial charge in [-0.2, -0.15) is 0 Å². The van der Waals surface area contributed by atoms with Crippen molar-refractivity contribution in [3.8, 4) is 11.5 Å². The Balaban J connectivity index is 2.63. The summed E-state index contributed by atoms with van der Waals surface area (Å²) in [4.78, 5) is 0. The molecule has 5 heteroatoms. The van der Waals surface area contributed by atoms with Crippen molar-refractivity contribution in [2.75, 3.05) is 34.0 Å². The maximum absolute atomic E-state index is 9.16. The number of methoxy groups -OCH3 is 2. The van der Waals surface area contributed by atoms with E-state index in [1.165, 1.54) is 0 Å². The fraction of sp³-hybridized carbons (Fsp3) is 0.571. The molecule has 1 aromatic carbocycles. The van der Waals surface area contributed by atoms with Crippen molar-refractivity contribution in [3.05, 3.63) is 23.8 Å². The van der Waals surface area contributed by atoms with Crippen LogP contribution in [0, 0.1) is 0 Å². The first-order valence-electron chi connectivity index (χ1n) is 6.38. The predicted molar refractivity (Wildman–Crippen MR) is 73.8 cm³/mol. The molecule has 0 aliphatic rings. The van der Waals surface area contributed by atoms with Crippen molar-refractivity contribution in [2.24, 2.45) is 0 Å². The maximum Gasteiger partial charge on any atom is 0.161 e. The highest BCUT2D eigenvalue weighted by Crippen LogP contribution is 2.27. The Morgan fingerprint density at radius 2 is 2.05 bits per heavy atom. The Kier molecular flexibility index (Phi) is 7.25. The van der Waals surface area contributed by atoms with Crippen LogP contribution >= 0.6 is 0 Å². The summed E-state index contributed by atoms with van der Waals surface area (Å²) in [6, 6.07) is 5.73. The van der Waals surface area contributed by atoms with Crippen LogP contribution in [0.3, 0.4) is 0 Å². The van der Waals surface area contributed by atoms with Crippen LogP contribution in [0.5, 0.6) is 11.5 Å². The second kappa shape index (κ2) is 8.74. The van der Waals surface area contributed by atoms with Gasteiger partial charge < -0.3 is 24.6 Å². The van der Waals surface area contributed by atoms with E-state index in [9.17, 15) is 0 Å². The van der Waals surface area contributed by atoms with Crippen molar-refractivity contribution in [1.29, 1.82) is 0 Å². The van der Waals surface area contributed by atoms with Crippen molar-refractivity contribution in [2.45, 2.75) is 19.5 Å². The van der Waals surface area contributed by atoms with Gasteiger partial charge in [0, 0.05) is 13.7 Å². The smallest absolute Gasteiger partial charge is 0.161 e. The van der Waals surface area contributed by atoms with Crippen LogP contribution in [0.1, 0.15) is 12.5 Å². The molecular weight excluding hydrogens is 246 g/mol. The van der Waals surface area contributed by atoms with Crippen molar-refractivity contribution >= 4 is 0 Å². The number of hydrogen-bond acceptors (Lipinski definition) is 5. The minimum Gasteiger partial charge on any atom is -0.493 e. The van der Waals surface area contributed by atoms with E-state index in [1.54, 1.807) is 14.2 Å². The molecule has 0 amide bonds. The zero-order chi connectivity index (χ0) is 14.1. The monoisotopic (exact) mass is 269 g/mol. The van der Waals surface area contributed by atoms with Gasteiger partial charge in [0.25, 0.3) is 0 Å². The van der Waals surface area contributed by atoms with Crippen molar-refractivity contribution in [1.82, 2.24) is 5.32 Å². The normalized spacial score (nSPS) is 12.2. The summed E-state index contributed by atoms with van der Waals surface area (Å²) in [5.74, 6) is 1.46. The van der Waals surface area contributed by atoms with Gasteiger partial charge in [0.1, 0.15) is 0 Å². The maximum atomic E-state index is 9.16. The van der Waals surface area contributed by atoms with Crippen LogP contribution in [0.15, 0.2) is 18.2 Å². The lowest BCUT2D eigenvalue weighted by molar-refractivity contribution is 0.128. The fourth-order valence-corrected chi connectivity index (χ4v) is 1.74. The van der Waals surface area contributed by atoms with Crippen LogP contribution in [-0.2, 0) is 11.3 Å². The van der Waals surface area contributed by atoms with Gasteiger partial charge in [-0.1, -0.05) is 6.07 Å². The molecule has 0 spiro atoms. The first kappa shape index (κ1) is 15.8. The molecule has 0 aromatic heterocycles. The molecule has 1 aromatic rings. The highest BCUT2D eigenvalue weighted by Gasteiger charge is 2.08. The first-order valence-corrected chi connectivity index (χ1v) is 6.38. The van der Waals surface area contributed by atoms with E-state index in [1.807, 2.05) is 25.1 Å². The van der Waals surface area contributed by atoms with E-state index in [4.69, 9.17) is 19.3 Å². The van der Waals surface area contributed by atoms with E-state index in [0.29, 0.717) is 25.5 Å². The molecule has 2 N–H and O–H groups in total. The number of rotatable bonds is 9. The van der Waals surface area contributed by atoms with E-state index < -0.39 is 0 Å². The largest absolute Gasteiger partial charge is 0.493 e. The van der Waals surface area contributed by atoms with E-state index >= 15 is 0 Å². The van der Waals surface area contributed by atoms with E-state index in [-0.39, 0.29) is 12.6 Å². The van der Waals surface area contributed by atoms with Gasteiger partial charge >= 0.3 is 0 Å². The van der Waals surface area contributed by atoms with Crippen molar-refractivity contribution < 1.29 is 19.3 Å². The molecule has 0 bridgehead atoms. The summed E-state index contributed by atoms with van der Waals surface area (Å²) in [6.07, 6.45) is 0. The molecule has 0 radical (unpaired) electrons. The lowest BCUT2D eigenvalue weighted by Crippen LogP contribution is -2.35. The molecule has 1 unspecified atom stereocenters. The Morgan fingerprint density at radius 3 is 2.63 bits per heavy atom. The minimum atomic E-state index is -0.0671. The molecule has 5 nitrogen and oxygen atoms in total. The van der Waals surface area contributed by atoms with E-state index in [2.05, 4.69) is 5.32 Å². The minimum absolute atomic E-state index is 0.0437. The van der Waals surface area contributed by atoms with Gasteiger partial charge in [0.05, 0.1) is 33.0 Å². The van der Waals surface area contributed by atoms with Crippen LogP contribution in [0.2, 0.25) is 0 Å². The molecule has 0 saturated carbocycles. The molecule has 0 heterocycles. The Hall–Kier alpha value is -1.30. The standard InChI is InChI=1S/C14H23NO4/c1-4-19-13-6-5-11(7-14(13)18-3)8-15-12(9-16)10-17-2/h5-7,12,15-16H,4,8-10H2,1-3H3. The summed E-state index contributed by atoms with van der Waals surface area (Å²) < 4.78 is 15.8. The van der Waals surface area contributed by atoms with Crippen LogP contribution in [0.4, 0.5) is 0 Å². The average Bonchev–Trinajstić information content (AvgIpc) is 2.44. The zero-order valence-corrected chi connectivity index (χ0v) is 11.8. The molecule has 0 fully saturated rings. The third-order valence-corrected chi connectivity index (χ3v) is 2.71. The zero-order valence-electron chi connectivity index (χ0n) is 11.8. The van der Waals surface area contributed by atoms with Crippen LogP contribution < -0.4 is 14.8 Å². The Labute approximate surface area is 114 Å². The van der Waals surface area contributed by atoms with Gasteiger partial charge in [-0.25, -0.2) is 0 Å². The quantitative estimate of drug-likeness (QED) is 0.705. The number of aliphatic hydroxyl groups excluding tert-OH is 1. The molecule has 0 aliphatic heterocycles. The second-order valence-corrected chi connectivity index (χ2v) is 4.13. The van der Waals surface area contributed by atoms with Gasteiger partial charge in [-0.3, -0.25) is 0 Å². The number of hydrogen-bond donors (Lipinski definition) is 2. The lowest BCUT2D eigenvalue weighted by Gasteiger charge is -2.16. The highest BCUT2D eigenvalue weighted by molar-refractivity contribution is 5.42. The summed E-state index contributed by atoms with van der Waals surface area (Å²) in [6.45, 7) is 3.70. The molecule has 19 heavy (non-hydrogen) atoms. The van der Waals surface area contributed by atoms with Gasteiger partial charge in [0.2, 0.25) is 0 Å². The van der Waals surface area contributed by atoms with Crippen LogP contribution in [-0.4, -0.2) is 45.2 Å². The van der Waals surface area contributed by atoms with Crippen molar-refractivity contribution in [3.63, 3.8) is 0 Å². The molecule has 1 atom stereocenters. The SMILES string of the molecule is CCOc1ccc(CNC(CO)COC)cc1OC. The summed E-state index contributed by atoms with van der Waals surface area (Å²) in [7, 11) is 3.24. The summed E-state index contributed by atoms with van der Waals surface area (Å²) >= 11 is 0. The lowest BCUT2D eigenvalue weighted by atomic mass is 10.2. The predicted octanol–water partition coefficient (Wildman–Crippen LogP) is 1.19. The number of nitrogens with one attached hydrogen (secondary N) is 1. The first-order chi connectivity index (χ1) is 9.24. The van der Waals surface area contributed by atoms with E-state index in [0.717, 1.165) is 11.3 Å². The third kappa shape index (κ3) is 5.06. The summed E-state index contributed by atoms with van der Waals surface area (Å²) in [5.41, 5.74) is 1.06. The van der Waals surface area contributed by atoms with Gasteiger partial charge in [-0.05, 0) is 24.6 Å². The molecule has 108 valence electrons. The molecule has 0 saturated heterocycles. The highest BCUT2D eigenvalue weighted by atomic mass is 16.5. The average molecular weight is 269 g/mol. The topological polar surface area (TPSA) is 60.0 Å². The van der Waals surface area contributed by atoms with Crippen LogP contribution in [0.25, 0.3) is 0 Å². The Bertz CT molecular complexity index is 370. The number of benzene rings is 1. The third-order valence-electron chi connectivity index (χ3n) is 2.71. The van der Waals surface area contributed by atoms with Gasteiger partial charge in [0.15, 0.2) is 11.5 Å².